The van der Waals surface area contributed by atoms with Gasteiger partial charge >= 0.3 is 0 Å². The summed E-state index contributed by atoms with van der Waals surface area (Å²) in [6.07, 6.45) is 3.00. The van der Waals surface area contributed by atoms with E-state index in [-0.39, 0.29) is 5.02 Å². The molecule has 1 N–H and O–H groups in total. The smallest absolute Gasteiger partial charge is 0.247 e. The lowest BCUT2D eigenvalue weighted by atomic mass is 9.95. The van der Waals surface area contributed by atoms with Crippen LogP contribution in [-0.4, -0.2) is 58.8 Å². The molecule has 1 saturated heterocycles. The Balaban J connectivity index is 1.64. The fourth-order valence-corrected chi connectivity index (χ4v) is 4.50. The summed E-state index contributed by atoms with van der Waals surface area (Å²) in [5, 5.41) is 14.3. The highest BCUT2D eigenvalue weighted by atomic mass is 35.5. The number of morpholine rings is 1. The van der Waals surface area contributed by atoms with Crippen LogP contribution in [0, 0.1) is 5.82 Å². The SMILES string of the molecule is Fc1ccc(C2N=C(c3nccs3)NC(CN3CCOCC3)=C2c2nnco2)c(Cl)c1. The Bertz CT molecular complexity index is 1110. The number of aromatic nitrogens is 3. The van der Waals surface area contributed by atoms with E-state index in [9.17, 15) is 4.39 Å². The molecule has 3 aromatic rings. The van der Waals surface area contributed by atoms with Gasteiger partial charge in [-0.25, -0.2) is 9.37 Å². The number of rotatable bonds is 5. The van der Waals surface area contributed by atoms with Crippen LogP contribution in [0.15, 0.2) is 51.3 Å². The van der Waals surface area contributed by atoms with Crippen LogP contribution in [0.2, 0.25) is 5.02 Å². The summed E-state index contributed by atoms with van der Waals surface area (Å²) in [4.78, 5) is 11.6. The van der Waals surface area contributed by atoms with Gasteiger partial charge in [0.15, 0.2) is 10.8 Å². The second-order valence-corrected chi connectivity index (χ2v) is 8.33. The molecule has 1 unspecified atom stereocenters. The zero-order valence-corrected chi connectivity index (χ0v) is 17.9. The molecule has 0 aliphatic carbocycles. The van der Waals surface area contributed by atoms with Gasteiger partial charge in [0.05, 0.1) is 18.8 Å². The van der Waals surface area contributed by atoms with Gasteiger partial charge in [0.1, 0.15) is 11.9 Å². The molecular formula is C20H18ClFN6O2S. The van der Waals surface area contributed by atoms with Crippen LogP contribution in [0.5, 0.6) is 0 Å². The van der Waals surface area contributed by atoms with E-state index in [1.165, 1.54) is 29.9 Å². The lowest BCUT2D eigenvalue weighted by Crippen LogP contribution is -2.42. The Morgan fingerprint density at radius 2 is 2.16 bits per heavy atom. The monoisotopic (exact) mass is 460 g/mol. The van der Waals surface area contributed by atoms with Crippen LogP contribution < -0.4 is 5.32 Å². The Kier molecular flexibility index (Phi) is 5.77. The number of halogens is 2. The molecule has 1 atom stereocenters. The van der Waals surface area contributed by atoms with Crippen molar-refractivity contribution in [2.75, 3.05) is 32.8 Å². The van der Waals surface area contributed by atoms with E-state index < -0.39 is 11.9 Å². The third kappa shape index (κ3) is 4.24. The maximum absolute atomic E-state index is 13.8. The Morgan fingerprint density at radius 1 is 1.29 bits per heavy atom. The van der Waals surface area contributed by atoms with E-state index in [1.54, 1.807) is 12.3 Å². The standard InChI is InChI=1S/C20H18ClFN6O2S/c21-14-9-12(22)1-2-13(14)17-16(19-27-24-11-30-19)15(10-28-4-6-29-7-5-28)25-18(26-17)20-23-3-8-31-20/h1-3,8-9,11,17H,4-7,10H2,(H,25,26). The summed E-state index contributed by atoms with van der Waals surface area (Å²) in [5.74, 6) is 0.540. The van der Waals surface area contributed by atoms with Crippen molar-refractivity contribution in [2.45, 2.75) is 6.04 Å². The van der Waals surface area contributed by atoms with Crippen LogP contribution in [0.3, 0.4) is 0 Å². The van der Waals surface area contributed by atoms with Gasteiger partial charge in [0.2, 0.25) is 12.3 Å². The van der Waals surface area contributed by atoms with Gasteiger partial charge in [-0.3, -0.25) is 9.89 Å². The van der Waals surface area contributed by atoms with Crippen molar-refractivity contribution >= 4 is 34.3 Å². The minimum Gasteiger partial charge on any atom is -0.424 e. The predicted octanol–water partition coefficient (Wildman–Crippen LogP) is 3.15. The minimum atomic E-state index is -0.565. The maximum Gasteiger partial charge on any atom is 0.247 e. The van der Waals surface area contributed by atoms with Crippen LogP contribution in [-0.2, 0) is 4.74 Å². The van der Waals surface area contributed by atoms with Gasteiger partial charge in [-0.15, -0.1) is 21.5 Å². The first-order valence-corrected chi connectivity index (χ1v) is 10.9. The number of hydrogen-bond donors (Lipinski definition) is 1. The highest BCUT2D eigenvalue weighted by Crippen LogP contribution is 2.40. The molecule has 160 valence electrons. The van der Waals surface area contributed by atoms with Crippen molar-refractivity contribution in [1.82, 2.24) is 25.4 Å². The van der Waals surface area contributed by atoms with Gasteiger partial charge in [-0.1, -0.05) is 17.7 Å². The van der Waals surface area contributed by atoms with E-state index in [0.717, 1.165) is 23.8 Å². The minimum absolute atomic E-state index is 0.275. The molecular weight excluding hydrogens is 443 g/mol. The Morgan fingerprint density at radius 3 is 2.87 bits per heavy atom. The molecule has 0 radical (unpaired) electrons. The summed E-state index contributed by atoms with van der Waals surface area (Å²) < 4.78 is 24.8. The highest BCUT2D eigenvalue weighted by molar-refractivity contribution is 7.11. The lowest BCUT2D eigenvalue weighted by Gasteiger charge is -2.32. The molecule has 1 fully saturated rings. The lowest BCUT2D eigenvalue weighted by molar-refractivity contribution is 0.0419. The number of amidine groups is 1. The molecule has 2 aliphatic heterocycles. The Hall–Kier alpha value is -2.66. The van der Waals surface area contributed by atoms with Crippen molar-refractivity contribution in [3.63, 3.8) is 0 Å². The third-order valence-electron chi connectivity index (χ3n) is 5.09. The van der Waals surface area contributed by atoms with Gasteiger partial charge < -0.3 is 14.5 Å². The van der Waals surface area contributed by atoms with Crippen molar-refractivity contribution in [2.24, 2.45) is 4.99 Å². The molecule has 11 heteroatoms. The summed E-state index contributed by atoms with van der Waals surface area (Å²) in [6.45, 7) is 3.54. The van der Waals surface area contributed by atoms with Gasteiger partial charge in [0, 0.05) is 47.5 Å². The van der Waals surface area contributed by atoms with Crippen LogP contribution in [0.25, 0.3) is 5.57 Å². The maximum atomic E-state index is 13.8. The molecule has 1 aromatic carbocycles. The van der Waals surface area contributed by atoms with Crippen molar-refractivity contribution in [1.29, 1.82) is 0 Å². The zero-order chi connectivity index (χ0) is 21.2. The largest absolute Gasteiger partial charge is 0.424 e. The number of ether oxygens (including phenoxy) is 1. The van der Waals surface area contributed by atoms with E-state index in [4.69, 9.17) is 25.7 Å². The second-order valence-electron chi connectivity index (χ2n) is 7.03. The molecule has 2 aliphatic rings. The quantitative estimate of drug-likeness (QED) is 0.625. The van der Waals surface area contributed by atoms with E-state index in [2.05, 4.69) is 25.4 Å². The van der Waals surface area contributed by atoms with Gasteiger partial charge in [-0.2, -0.15) is 0 Å². The fraction of sp³-hybridized carbons (Fsp3) is 0.300. The number of nitrogens with zero attached hydrogens (tertiary/aromatic N) is 5. The molecule has 0 bridgehead atoms. The predicted molar refractivity (Wildman–Crippen MR) is 114 cm³/mol. The number of aliphatic imine (C=N–C) groups is 1. The summed E-state index contributed by atoms with van der Waals surface area (Å²) >= 11 is 7.92. The molecule has 0 spiro atoms. The second kappa shape index (κ2) is 8.83. The highest BCUT2D eigenvalue weighted by Gasteiger charge is 2.33. The molecule has 2 aromatic heterocycles. The zero-order valence-electron chi connectivity index (χ0n) is 16.3. The third-order valence-corrected chi connectivity index (χ3v) is 6.20. The van der Waals surface area contributed by atoms with Gasteiger partial charge in [0.25, 0.3) is 0 Å². The summed E-state index contributed by atoms with van der Waals surface area (Å²) in [7, 11) is 0. The van der Waals surface area contributed by atoms with Crippen molar-refractivity contribution in [3.05, 3.63) is 69.2 Å². The molecule has 0 saturated carbocycles. The molecule has 4 heterocycles. The summed E-state index contributed by atoms with van der Waals surface area (Å²) in [6, 6.07) is 3.73. The number of nitrogens with one attached hydrogen (secondary N) is 1. The summed E-state index contributed by atoms with van der Waals surface area (Å²) in [5.41, 5.74) is 2.21. The van der Waals surface area contributed by atoms with Gasteiger partial charge in [-0.05, 0) is 12.1 Å². The first-order chi connectivity index (χ1) is 15.2. The van der Waals surface area contributed by atoms with E-state index in [0.29, 0.717) is 42.6 Å². The molecule has 0 amide bonds. The number of thiazole rings is 1. The van der Waals surface area contributed by atoms with Crippen molar-refractivity contribution < 1.29 is 13.5 Å². The van der Waals surface area contributed by atoms with Crippen LogP contribution >= 0.6 is 22.9 Å². The molecule has 5 rings (SSSR count). The van der Waals surface area contributed by atoms with E-state index >= 15 is 0 Å². The molecule has 8 nitrogen and oxygen atoms in total. The average Bonchev–Trinajstić information content (AvgIpc) is 3.49. The van der Waals surface area contributed by atoms with E-state index in [1.807, 2.05) is 5.38 Å². The number of hydrogen-bond acceptors (Lipinski definition) is 9. The van der Waals surface area contributed by atoms with Crippen LogP contribution in [0.1, 0.15) is 22.5 Å². The van der Waals surface area contributed by atoms with Crippen molar-refractivity contribution in [3.8, 4) is 0 Å². The first-order valence-electron chi connectivity index (χ1n) is 9.68. The normalized spacial score (nSPS) is 19.9. The molecule has 31 heavy (non-hydrogen) atoms. The topological polar surface area (TPSA) is 88.7 Å². The van der Waals surface area contributed by atoms with Crippen LogP contribution in [0.4, 0.5) is 4.39 Å². The number of benzene rings is 1. The first kappa shape index (κ1) is 20.3. The fourth-order valence-electron chi connectivity index (χ4n) is 3.64. The average molecular weight is 461 g/mol. The Labute approximate surface area is 186 Å².